The molecule has 1 heterocycles. The Morgan fingerprint density at radius 1 is 1.32 bits per heavy atom. The molecule has 1 aromatic carbocycles. The molecule has 7 heteroatoms. The fraction of sp³-hybridized carbons (Fsp3) is 0.500. The van der Waals surface area contributed by atoms with Gasteiger partial charge in [0, 0.05) is 25.3 Å². The smallest absolute Gasteiger partial charge is 0.241 e. The van der Waals surface area contributed by atoms with Gasteiger partial charge >= 0.3 is 0 Å². The van der Waals surface area contributed by atoms with Crippen LogP contribution in [0, 0.1) is 5.92 Å². The number of carbonyl (C=O) groups excluding carboxylic acids is 1. The predicted molar refractivity (Wildman–Crippen MR) is 102 cm³/mol. The molecule has 0 bridgehead atoms. The molecule has 1 saturated heterocycles. The van der Waals surface area contributed by atoms with Crippen molar-refractivity contribution in [2.45, 2.75) is 19.8 Å². The van der Waals surface area contributed by atoms with Crippen LogP contribution in [-0.2, 0) is 14.8 Å². The van der Waals surface area contributed by atoms with Gasteiger partial charge in [-0.2, -0.15) is 0 Å². The molecule has 1 N–H and O–H groups in total. The van der Waals surface area contributed by atoms with E-state index in [2.05, 4.69) is 23.7 Å². The lowest BCUT2D eigenvalue weighted by atomic mass is 9.99. The summed E-state index contributed by atoms with van der Waals surface area (Å²) in [6.07, 6.45) is 4.99. The van der Waals surface area contributed by atoms with E-state index < -0.39 is 10.0 Å². The molecule has 1 amide bonds. The monoisotopic (exact) mass is 365 g/mol. The van der Waals surface area contributed by atoms with E-state index in [1.54, 1.807) is 18.2 Å². The van der Waals surface area contributed by atoms with Gasteiger partial charge in [0.1, 0.15) is 6.54 Å². The summed E-state index contributed by atoms with van der Waals surface area (Å²) >= 11 is 0. The Balaban J connectivity index is 2.12. The molecule has 1 aliphatic heterocycles. The molecule has 0 aromatic heterocycles. The van der Waals surface area contributed by atoms with E-state index >= 15 is 0 Å². The van der Waals surface area contributed by atoms with Gasteiger partial charge in [0.15, 0.2) is 0 Å². The van der Waals surface area contributed by atoms with Crippen LogP contribution in [0.5, 0.6) is 0 Å². The predicted octanol–water partition coefficient (Wildman–Crippen LogP) is 1.99. The number of hydrogen-bond donors (Lipinski definition) is 1. The summed E-state index contributed by atoms with van der Waals surface area (Å²) in [5.74, 6) is 0.393. The molecule has 25 heavy (non-hydrogen) atoms. The molecule has 138 valence electrons. The van der Waals surface area contributed by atoms with Gasteiger partial charge < -0.3 is 10.2 Å². The first-order valence-electron chi connectivity index (χ1n) is 8.51. The van der Waals surface area contributed by atoms with Gasteiger partial charge in [-0.05, 0) is 43.0 Å². The summed E-state index contributed by atoms with van der Waals surface area (Å²) in [6, 6.07) is 7.36. The number of amides is 1. The summed E-state index contributed by atoms with van der Waals surface area (Å²) in [7, 11) is -3.55. The zero-order chi connectivity index (χ0) is 18.4. The first kappa shape index (κ1) is 19.3. The van der Waals surface area contributed by atoms with Crippen molar-refractivity contribution in [2.24, 2.45) is 5.92 Å². The SMILES string of the molecule is C=CCNC(=O)CN(c1ccc(N2CCC(C)CC2)cc1)S(C)(=O)=O. The maximum absolute atomic E-state index is 12.1. The Labute approximate surface area is 150 Å². The molecule has 0 spiro atoms. The number of benzene rings is 1. The highest BCUT2D eigenvalue weighted by atomic mass is 32.2. The van der Waals surface area contributed by atoms with Gasteiger partial charge in [0.2, 0.25) is 15.9 Å². The second kappa shape index (κ2) is 8.38. The summed E-state index contributed by atoms with van der Waals surface area (Å²) in [5.41, 5.74) is 1.57. The van der Waals surface area contributed by atoms with E-state index in [1.165, 1.54) is 12.8 Å². The standard InChI is InChI=1S/C18H27N3O3S/c1-4-11-19-18(22)14-21(25(3,23)24)17-7-5-16(6-8-17)20-12-9-15(2)10-13-20/h4-8,15H,1,9-14H2,2-3H3,(H,19,22). The minimum Gasteiger partial charge on any atom is -0.372 e. The van der Waals surface area contributed by atoms with Gasteiger partial charge in [-0.3, -0.25) is 9.10 Å². The van der Waals surface area contributed by atoms with Crippen molar-refractivity contribution in [3.05, 3.63) is 36.9 Å². The third kappa shape index (κ3) is 5.49. The lowest BCUT2D eigenvalue weighted by Crippen LogP contribution is -2.40. The number of piperidine rings is 1. The summed E-state index contributed by atoms with van der Waals surface area (Å²) in [6.45, 7) is 7.89. The van der Waals surface area contributed by atoms with E-state index in [4.69, 9.17) is 0 Å². The highest BCUT2D eigenvalue weighted by molar-refractivity contribution is 7.92. The maximum Gasteiger partial charge on any atom is 0.241 e. The Bertz CT molecular complexity index is 693. The number of nitrogens with zero attached hydrogens (tertiary/aromatic N) is 2. The lowest BCUT2D eigenvalue weighted by Gasteiger charge is -2.32. The average molecular weight is 365 g/mol. The lowest BCUT2D eigenvalue weighted by molar-refractivity contribution is -0.119. The summed E-state index contributed by atoms with van der Waals surface area (Å²) in [5, 5.41) is 2.60. The van der Waals surface area contributed by atoms with Crippen LogP contribution in [0.15, 0.2) is 36.9 Å². The molecule has 1 aliphatic rings. The topological polar surface area (TPSA) is 69.7 Å². The molecular formula is C18H27N3O3S. The Kier molecular flexibility index (Phi) is 6.47. The number of carbonyl (C=O) groups is 1. The minimum atomic E-state index is -3.55. The van der Waals surface area contributed by atoms with Gasteiger partial charge in [0.05, 0.1) is 11.9 Å². The third-order valence-corrected chi connectivity index (χ3v) is 5.56. The second-order valence-corrected chi connectivity index (χ2v) is 8.46. The number of hydrogen-bond acceptors (Lipinski definition) is 4. The second-order valence-electron chi connectivity index (χ2n) is 6.55. The third-order valence-electron chi connectivity index (χ3n) is 4.42. The molecule has 6 nitrogen and oxygen atoms in total. The first-order valence-corrected chi connectivity index (χ1v) is 10.4. The van der Waals surface area contributed by atoms with Gasteiger partial charge in [-0.15, -0.1) is 6.58 Å². The molecule has 1 aromatic rings. The van der Waals surface area contributed by atoms with Gasteiger partial charge in [0.25, 0.3) is 0 Å². The molecule has 0 atom stereocenters. The van der Waals surface area contributed by atoms with E-state index in [-0.39, 0.29) is 12.5 Å². The first-order chi connectivity index (χ1) is 11.8. The summed E-state index contributed by atoms with van der Waals surface area (Å²) in [4.78, 5) is 14.2. The van der Waals surface area contributed by atoms with Crippen molar-refractivity contribution in [2.75, 3.05) is 41.6 Å². The molecule has 2 rings (SSSR count). The van der Waals surface area contributed by atoms with Crippen LogP contribution >= 0.6 is 0 Å². The molecule has 0 aliphatic carbocycles. The summed E-state index contributed by atoms with van der Waals surface area (Å²) < 4.78 is 25.3. The van der Waals surface area contributed by atoms with Gasteiger partial charge in [-0.25, -0.2) is 8.42 Å². The number of rotatable bonds is 7. The normalized spacial score (nSPS) is 15.7. The molecule has 0 unspecified atom stereocenters. The van der Waals surface area contributed by atoms with Crippen molar-refractivity contribution < 1.29 is 13.2 Å². The highest BCUT2D eigenvalue weighted by Gasteiger charge is 2.21. The van der Waals surface area contributed by atoms with E-state index in [1.807, 2.05) is 12.1 Å². The quantitative estimate of drug-likeness (QED) is 0.750. The number of nitrogens with one attached hydrogen (secondary N) is 1. The van der Waals surface area contributed by atoms with E-state index in [0.717, 1.165) is 35.3 Å². The van der Waals surface area contributed by atoms with Crippen LogP contribution in [0.3, 0.4) is 0 Å². The van der Waals surface area contributed by atoms with Crippen molar-refractivity contribution in [3.8, 4) is 0 Å². The largest absolute Gasteiger partial charge is 0.372 e. The van der Waals surface area contributed by atoms with E-state index in [9.17, 15) is 13.2 Å². The molecule has 0 radical (unpaired) electrons. The van der Waals surface area contributed by atoms with Crippen LogP contribution in [0.25, 0.3) is 0 Å². The zero-order valence-electron chi connectivity index (χ0n) is 14.9. The van der Waals surface area contributed by atoms with Crippen LogP contribution in [0.2, 0.25) is 0 Å². The fourth-order valence-electron chi connectivity index (χ4n) is 2.87. The number of anilines is 2. The van der Waals surface area contributed by atoms with Crippen molar-refractivity contribution in [1.29, 1.82) is 0 Å². The van der Waals surface area contributed by atoms with E-state index in [0.29, 0.717) is 12.2 Å². The molecular weight excluding hydrogens is 338 g/mol. The van der Waals surface area contributed by atoms with Crippen LogP contribution in [0.1, 0.15) is 19.8 Å². The fourth-order valence-corrected chi connectivity index (χ4v) is 3.73. The zero-order valence-corrected chi connectivity index (χ0v) is 15.8. The van der Waals surface area contributed by atoms with Crippen LogP contribution in [0.4, 0.5) is 11.4 Å². The van der Waals surface area contributed by atoms with Crippen molar-refractivity contribution in [1.82, 2.24) is 5.32 Å². The molecule has 0 saturated carbocycles. The van der Waals surface area contributed by atoms with Crippen LogP contribution < -0.4 is 14.5 Å². The maximum atomic E-state index is 12.1. The van der Waals surface area contributed by atoms with Crippen molar-refractivity contribution in [3.63, 3.8) is 0 Å². The minimum absolute atomic E-state index is 0.243. The van der Waals surface area contributed by atoms with Crippen molar-refractivity contribution >= 4 is 27.3 Å². The van der Waals surface area contributed by atoms with Crippen LogP contribution in [-0.4, -0.2) is 46.8 Å². The Morgan fingerprint density at radius 3 is 2.44 bits per heavy atom. The van der Waals surface area contributed by atoms with Gasteiger partial charge in [-0.1, -0.05) is 13.0 Å². The molecule has 1 fully saturated rings. The number of sulfonamides is 1. The Morgan fingerprint density at radius 2 is 1.92 bits per heavy atom. The highest BCUT2D eigenvalue weighted by Crippen LogP contribution is 2.26. The Hall–Kier alpha value is -2.02. The average Bonchev–Trinajstić information content (AvgIpc) is 2.58.